The van der Waals surface area contributed by atoms with Crippen LogP contribution >= 0.6 is 0 Å². The third kappa shape index (κ3) is 5.24. The van der Waals surface area contributed by atoms with Crippen LogP contribution in [0, 0.1) is 12.8 Å². The van der Waals surface area contributed by atoms with Crippen LogP contribution in [-0.4, -0.2) is 55.3 Å². The van der Waals surface area contributed by atoms with Crippen LogP contribution in [0.15, 0.2) is 24.3 Å². The summed E-state index contributed by atoms with van der Waals surface area (Å²) in [6, 6.07) is 7.43. The lowest BCUT2D eigenvalue weighted by molar-refractivity contribution is 0.210. The second-order valence-electron chi connectivity index (χ2n) is 8.03. The summed E-state index contributed by atoms with van der Waals surface area (Å²) in [6.45, 7) is 6.11. The molecule has 2 N–H and O–H groups in total. The maximum absolute atomic E-state index is 13.1. The number of nitrogens with zero attached hydrogens (tertiary/aromatic N) is 2. The average molecular weight is 409 g/mol. The molecule has 0 radical (unpaired) electrons. The first kappa shape index (κ1) is 21.1. The number of rotatable bonds is 5. The number of piperidine rings is 2. The van der Waals surface area contributed by atoms with E-state index in [9.17, 15) is 13.2 Å². The predicted molar refractivity (Wildman–Crippen MR) is 111 cm³/mol. The van der Waals surface area contributed by atoms with Gasteiger partial charge in [-0.1, -0.05) is 24.1 Å². The van der Waals surface area contributed by atoms with Gasteiger partial charge in [-0.3, -0.25) is 0 Å². The molecular formula is C20H32N4O3S. The molecule has 7 nitrogen and oxygen atoms in total. The fraction of sp³-hybridized carbons (Fsp3) is 0.650. The highest BCUT2D eigenvalue weighted by molar-refractivity contribution is 7.86. The third-order valence-corrected chi connectivity index (χ3v) is 7.83. The first-order valence-corrected chi connectivity index (χ1v) is 11.6. The summed E-state index contributed by atoms with van der Waals surface area (Å²) >= 11 is 0. The van der Waals surface area contributed by atoms with Crippen LogP contribution < -0.4 is 10.6 Å². The highest BCUT2D eigenvalue weighted by Gasteiger charge is 2.36. The van der Waals surface area contributed by atoms with E-state index in [-0.39, 0.29) is 18.0 Å². The Morgan fingerprint density at radius 1 is 1.11 bits per heavy atom. The minimum atomic E-state index is -3.42. The summed E-state index contributed by atoms with van der Waals surface area (Å²) in [7, 11) is -3.42. The minimum Gasteiger partial charge on any atom is -0.338 e. The summed E-state index contributed by atoms with van der Waals surface area (Å²) in [5.41, 5.74) is 1.88. The summed E-state index contributed by atoms with van der Waals surface area (Å²) in [4.78, 5) is 12.1. The monoisotopic (exact) mass is 408 g/mol. The van der Waals surface area contributed by atoms with Gasteiger partial charge in [0.15, 0.2) is 0 Å². The van der Waals surface area contributed by atoms with Crippen LogP contribution in [0.2, 0.25) is 0 Å². The molecule has 2 aliphatic heterocycles. The fourth-order valence-electron chi connectivity index (χ4n) is 4.02. The molecule has 2 aliphatic rings. The highest BCUT2D eigenvalue weighted by atomic mass is 32.2. The van der Waals surface area contributed by atoms with Crippen molar-refractivity contribution in [3.8, 4) is 0 Å². The van der Waals surface area contributed by atoms with Gasteiger partial charge in [0.25, 0.3) is 10.2 Å². The molecule has 1 aromatic carbocycles. The molecule has 2 fully saturated rings. The maximum atomic E-state index is 13.1. The zero-order chi connectivity index (χ0) is 20.1. The van der Waals surface area contributed by atoms with Crippen LogP contribution in [-0.2, 0) is 10.2 Å². The van der Waals surface area contributed by atoms with E-state index in [1.54, 1.807) is 8.61 Å². The zero-order valence-corrected chi connectivity index (χ0v) is 17.7. The van der Waals surface area contributed by atoms with Crippen molar-refractivity contribution in [1.82, 2.24) is 13.9 Å². The van der Waals surface area contributed by atoms with Gasteiger partial charge in [0.1, 0.15) is 0 Å². The van der Waals surface area contributed by atoms with E-state index < -0.39 is 10.2 Å². The van der Waals surface area contributed by atoms with Crippen LogP contribution in [0.5, 0.6) is 0 Å². The molecule has 2 amide bonds. The third-order valence-electron chi connectivity index (χ3n) is 5.71. The number of anilines is 1. The standard InChI is InChI=1S/C20H32N4O3S/c1-16-8-10-19(11-9-16)22-20(25)21-14-18-7-5-12-23(15-18)28(26,27)24-13-4-3-6-17(24)2/h8-11,17-18H,3-7,12-15H2,1-2H3,(H2,21,22,25). The molecule has 0 aromatic heterocycles. The first-order chi connectivity index (χ1) is 13.4. The number of hydrogen-bond donors (Lipinski definition) is 2. The highest BCUT2D eigenvalue weighted by Crippen LogP contribution is 2.26. The molecule has 156 valence electrons. The maximum Gasteiger partial charge on any atom is 0.319 e. The lowest BCUT2D eigenvalue weighted by Gasteiger charge is -2.39. The Morgan fingerprint density at radius 3 is 2.57 bits per heavy atom. The Hall–Kier alpha value is -1.64. The second kappa shape index (κ2) is 9.24. The van der Waals surface area contributed by atoms with Crippen LogP contribution in [0.1, 0.15) is 44.6 Å². The van der Waals surface area contributed by atoms with Crippen molar-refractivity contribution in [3.63, 3.8) is 0 Å². The number of amides is 2. The molecule has 2 heterocycles. The molecule has 28 heavy (non-hydrogen) atoms. The Balaban J connectivity index is 1.51. The molecule has 8 heteroatoms. The van der Waals surface area contributed by atoms with Crippen LogP contribution in [0.25, 0.3) is 0 Å². The van der Waals surface area contributed by atoms with Gasteiger partial charge in [0, 0.05) is 37.9 Å². The average Bonchev–Trinajstić information content (AvgIpc) is 2.69. The number of nitrogens with one attached hydrogen (secondary N) is 2. The topological polar surface area (TPSA) is 81.8 Å². The number of carbonyl (C=O) groups is 1. The van der Waals surface area contributed by atoms with E-state index in [0.717, 1.165) is 43.4 Å². The molecular weight excluding hydrogens is 376 g/mol. The van der Waals surface area contributed by atoms with Crippen molar-refractivity contribution >= 4 is 21.9 Å². The van der Waals surface area contributed by atoms with Gasteiger partial charge >= 0.3 is 6.03 Å². The number of carbonyl (C=O) groups excluding carboxylic acids is 1. The summed E-state index contributed by atoms with van der Waals surface area (Å²) in [5, 5.41) is 5.71. The van der Waals surface area contributed by atoms with Gasteiger partial charge in [0.05, 0.1) is 0 Å². The molecule has 1 aromatic rings. The molecule has 0 aliphatic carbocycles. The molecule has 0 spiro atoms. The van der Waals surface area contributed by atoms with E-state index in [2.05, 4.69) is 10.6 Å². The van der Waals surface area contributed by atoms with E-state index in [1.165, 1.54) is 0 Å². The van der Waals surface area contributed by atoms with E-state index in [1.807, 2.05) is 38.1 Å². The van der Waals surface area contributed by atoms with Crippen LogP contribution in [0.3, 0.4) is 0 Å². The Bertz CT molecular complexity index is 766. The van der Waals surface area contributed by atoms with E-state index in [0.29, 0.717) is 26.2 Å². The Morgan fingerprint density at radius 2 is 1.86 bits per heavy atom. The normalized spacial score (nSPS) is 24.6. The van der Waals surface area contributed by atoms with E-state index in [4.69, 9.17) is 0 Å². The summed E-state index contributed by atoms with van der Waals surface area (Å²) in [6.07, 6.45) is 4.70. The van der Waals surface area contributed by atoms with Gasteiger partial charge in [-0.05, 0) is 57.6 Å². The van der Waals surface area contributed by atoms with Crippen molar-refractivity contribution in [3.05, 3.63) is 29.8 Å². The van der Waals surface area contributed by atoms with Crippen molar-refractivity contribution < 1.29 is 13.2 Å². The molecule has 3 rings (SSSR count). The van der Waals surface area contributed by atoms with E-state index >= 15 is 0 Å². The summed E-state index contributed by atoms with van der Waals surface area (Å²) in [5.74, 6) is 0.132. The first-order valence-electron chi connectivity index (χ1n) is 10.2. The van der Waals surface area contributed by atoms with Gasteiger partial charge in [-0.15, -0.1) is 0 Å². The van der Waals surface area contributed by atoms with Crippen molar-refractivity contribution in [1.29, 1.82) is 0 Å². The van der Waals surface area contributed by atoms with Gasteiger partial charge in [-0.2, -0.15) is 17.0 Å². The molecule has 0 saturated carbocycles. The molecule has 0 bridgehead atoms. The van der Waals surface area contributed by atoms with Crippen molar-refractivity contribution in [2.24, 2.45) is 5.92 Å². The molecule has 2 saturated heterocycles. The molecule has 2 unspecified atom stereocenters. The summed E-state index contributed by atoms with van der Waals surface area (Å²) < 4.78 is 29.4. The minimum absolute atomic E-state index is 0.0672. The number of benzene rings is 1. The number of urea groups is 1. The van der Waals surface area contributed by atoms with Crippen LogP contribution in [0.4, 0.5) is 10.5 Å². The second-order valence-corrected chi connectivity index (χ2v) is 9.91. The Kier molecular flexibility index (Phi) is 6.95. The smallest absolute Gasteiger partial charge is 0.319 e. The molecule has 2 atom stereocenters. The lowest BCUT2D eigenvalue weighted by atomic mass is 10.00. The SMILES string of the molecule is Cc1ccc(NC(=O)NCC2CCCN(S(=O)(=O)N3CCCCC3C)C2)cc1. The Labute approximate surface area is 168 Å². The lowest BCUT2D eigenvalue weighted by Crippen LogP contribution is -2.53. The van der Waals surface area contributed by atoms with Gasteiger partial charge in [-0.25, -0.2) is 4.79 Å². The number of hydrogen-bond acceptors (Lipinski definition) is 3. The van der Waals surface area contributed by atoms with Crippen molar-refractivity contribution in [2.75, 3.05) is 31.5 Å². The van der Waals surface area contributed by atoms with Crippen molar-refractivity contribution in [2.45, 2.75) is 52.0 Å². The fourth-order valence-corrected chi connectivity index (χ4v) is 5.99. The van der Waals surface area contributed by atoms with Gasteiger partial charge < -0.3 is 10.6 Å². The largest absolute Gasteiger partial charge is 0.338 e. The quantitative estimate of drug-likeness (QED) is 0.786. The number of aryl methyl sites for hydroxylation is 1. The van der Waals surface area contributed by atoms with Gasteiger partial charge in [0.2, 0.25) is 0 Å². The zero-order valence-electron chi connectivity index (χ0n) is 16.9. The predicted octanol–water partition coefficient (Wildman–Crippen LogP) is 2.95.